The van der Waals surface area contributed by atoms with Gasteiger partial charge in [0.25, 0.3) is 5.91 Å². The molecule has 0 bridgehead atoms. The summed E-state index contributed by atoms with van der Waals surface area (Å²) in [4.78, 5) is 25.2. The van der Waals surface area contributed by atoms with Gasteiger partial charge in [0.15, 0.2) is 0 Å². The van der Waals surface area contributed by atoms with Crippen molar-refractivity contribution in [2.75, 3.05) is 32.6 Å². The number of halogens is 1. The number of aromatic nitrogens is 2. The third-order valence-corrected chi connectivity index (χ3v) is 7.35. The number of amides is 1. The van der Waals surface area contributed by atoms with Crippen molar-refractivity contribution in [3.8, 4) is 0 Å². The fourth-order valence-corrected chi connectivity index (χ4v) is 5.53. The van der Waals surface area contributed by atoms with Gasteiger partial charge in [-0.15, -0.1) is 24.2 Å². The van der Waals surface area contributed by atoms with E-state index in [0.717, 1.165) is 40.4 Å². The maximum Gasteiger partial charge on any atom is 0.257 e. The number of oxime groups is 1. The average molecular weight is 548 g/mol. The van der Waals surface area contributed by atoms with Crippen LogP contribution in [-0.2, 0) is 10.6 Å². The number of anilines is 1. The first-order chi connectivity index (χ1) is 18.1. The lowest BCUT2D eigenvalue weighted by Gasteiger charge is -2.12. The number of pyridine rings is 1. The van der Waals surface area contributed by atoms with E-state index in [0.29, 0.717) is 17.9 Å². The first-order valence-corrected chi connectivity index (χ1v) is 13.2. The Bertz CT molecular complexity index is 1390. The van der Waals surface area contributed by atoms with Crippen molar-refractivity contribution >= 4 is 41.5 Å². The highest BCUT2D eigenvalue weighted by Gasteiger charge is 2.28. The molecule has 1 aliphatic heterocycles. The molecule has 1 unspecified atom stereocenters. The Morgan fingerprint density at radius 3 is 2.68 bits per heavy atom. The maximum absolute atomic E-state index is 13.3. The summed E-state index contributed by atoms with van der Waals surface area (Å²) in [5, 5.41) is 7.67. The highest BCUT2D eigenvalue weighted by atomic mass is 35.5. The third kappa shape index (κ3) is 6.27. The van der Waals surface area contributed by atoms with Crippen LogP contribution in [0.5, 0.6) is 0 Å². The van der Waals surface area contributed by atoms with Gasteiger partial charge in [-0.2, -0.15) is 0 Å². The van der Waals surface area contributed by atoms with Crippen LogP contribution in [0.15, 0.2) is 96.5 Å². The number of hydrogen-bond acceptors (Lipinski definition) is 6. The molecule has 1 amide bonds. The molecule has 1 aliphatic rings. The van der Waals surface area contributed by atoms with Crippen LogP contribution in [0.2, 0.25) is 0 Å². The molecule has 1 N–H and O–H groups in total. The standard InChI is InChI=1S/C29H29N5O2S.ClH/c1-33(2)16-17-36-32-27(21-8-4-3-5-9-21)22-10-6-12-24(18-22)31-28(35)25-13-15-34-26(25)20-37-29(34)23-11-7-14-30-19-23;/h3-15,18-19,29H,16-17,20H2,1-2H3,(H,31,35);1H/b32-27+;. The van der Waals surface area contributed by atoms with Crippen LogP contribution in [0.4, 0.5) is 5.69 Å². The van der Waals surface area contributed by atoms with Gasteiger partial charge in [-0.1, -0.05) is 53.7 Å². The zero-order chi connectivity index (χ0) is 25.6. The summed E-state index contributed by atoms with van der Waals surface area (Å²) < 4.78 is 2.16. The smallest absolute Gasteiger partial charge is 0.257 e. The van der Waals surface area contributed by atoms with Crippen molar-refractivity contribution in [2.24, 2.45) is 5.16 Å². The lowest BCUT2D eigenvalue weighted by atomic mass is 10.0. The number of rotatable bonds is 9. The van der Waals surface area contributed by atoms with Crippen molar-refractivity contribution in [3.05, 3.63) is 119 Å². The highest BCUT2D eigenvalue weighted by molar-refractivity contribution is 7.99. The monoisotopic (exact) mass is 547 g/mol. The van der Waals surface area contributed by atoms with Crippen molar-refractivity contribution in [2.45, 2.75) is 11.1 Å². The average Bonchev–Trinajstić information content (AvgIpc) is 3.52. The molecule has 5 rings (SSSR count). The van der Waals surface area contributed by atoms with E-state index in [-0.39, 0.29) is 23.7 Å². The Morgan fingerprint density at radius 1 is 1.11 bits per heavy atom. The van der Waals surface area contributed by atoms with Gasteiger partial charge >= 0.3 is 0 Å². The van der Waals surface area contributed by atoms with Crippen LogP contribution >= 0.6 is 24.2 Å². The lowest BCUT2D eigenvalue weighted by molar-refractivity contribution is 0.102. The molecule has 1 atom stereocenters. The van der Waals surface area contributed by atoms with E-state index in [1.54, 1.807) is 18.0 Å². The zero-order valence-corrected chi connectivity index (χ0v) is 22.9. The molecule has 3 heterocycles. The number of fused-ring (bicyclic) bond motifs is 1. The SMILES string of the molecule is CN(C)CCO/N=C(\c1ccccc1)c1cccc(NC(=O)c2ccn3c2CSC3c2cccnc2)c1.Cl. The number of nitrogens with zero attached hydrogens (tertiary/aromatic N) is 4. The first kappa shape index (κ1) is 27.4. The van der Waals surface area contributed by atoms with Crippen LogP contribution in [0.25, 0.3) is 0 Å². The van der Waals surface area contributed by atoms with E-state index in [4.69, 9.17) is 4.84 Å². The van der Waals surface area contributed by atoms with E-state index in [9.17, 15) is 4.79 Å². The molecule has 7 nitrogen and oxygen atoms in total. The minimum atomic E-state index is -0.126. The van der Waals surface area contributed by atoms with Gasteiger partial charge < -0.3 is 19.6 Å². The molecule has 4 aromatic rings. The number of thioether (sulfide) groups is 1. The minimum absolute atomic E-state index is 0. The Labute approximate surface area is 233 Å². The van der Waals surface area contributed by atoms with Crippen molar-refractivity contribution in [1.82, 2.24) is 14.5 Å². The molecule has 0 saturated heterocycles. The Balaban J connectivity index is 0.00000336. The number of carbonyl (C=O) groups excluding carboxylic acids is 1. The van der Waals surface area contributed by atoms with Gasteiger partial charge in [0, 0.05) is 59.0 Å². The summed E-state index contributed by atoms with van der Waals surface area (Å²) in [6.07, 6.45) is 5.65. The molecule has 196 valence electrons. The lowest BCUT2D eigenvalue weighted by Crippen LogP contribution is -2.17. The number of nitrogens with one attached hydrogen (secondary N) is 1. The van der Waals surface area contributed by atoms with E-state index in [1.165, 1.54) is 0 Å². The summed E-state index contributed by atoms with van der Waals surface area (Å²) in [5.74, 6) is 0.642. The Morgan fingerprint density at radius 2 is 1.92 bits per heavy atom. The predicted octanol–water partition coefficient (Wildman–Crippen LogP) is 5.68. The van der Waals surface area contributed by atoms with Gasteiger partial charge in [0.1, 0.15) is 17.7 Å². The molecule has 9 heteroatoms. The predicted molar refractivity (Wildman–Crippen MR) is 156 cm³/mol. The second-order valence-electron chi connectivity index (χ2n) is 9.01. The van der Waals surface area contributed by atoms with E-state index in [2.05, 4.69) is 26.1 Å². The fraction of sp³-hybridized carbons (Fsp3) is 0.207. The number of benzene rings is 2. The van der Waals surface area contributed by atoms with E-state index >= 15 is 0 Å². The van der Waals surface area contributed by atoms with Crippen LogP contribution in [0, 0.1) is 0 Å². The second-order valence-corrected chi connectivity index (χ2v) is 10.1. The van der Waals surface area contributed by atoms with Gasteiger partial charge in [-0.05, 0) is 38.4 Å². The zero-order valence-electron chi connectivity index (χ0n) is 21.3. The van der Waals surface area contributed by atoms with E-state index in [1.807, 2.05) is 98.1 Å². The van der Waals surface area contributed by atoms with Gasteiger partial charge in [-0.25, -0.2) is 0 Å². The summed E-state index contributed by atoms with van der Waals surface area (Å²) >= 11 is 1.79. The van der Waals surface area contributed by atoms with Crippen molar-refractivity contribution < 1.29 is 9.63 Å². The quantitative estimate of drug-likeness (QED) is 0.166. The molecule has 0 fully saturated rings. The molecule has 2 aromatic carbocycles. The molecule has 38 heavy (non-hydrogen) atoms. The van der Waals surface area contributed by atoms with Crippen LogP contribution in [0.3, 0.4) is 0 Å². The molecule has 0 aliphatic carbocycles. The first-order valence-electron chi connectivity index (χ1n) is 12.1. The normalized spacial score (nSPS) is 14.6. The van der Waals surface area contributed by atoms with Gasteiger partial charge in [0.05, 0.1) is 5.56 Å². The molecule has 0 radical (unpaired) electrons. The summed E-state index contributed by atoms with van der Waals surface area (Å²) in [7, 11) is 3.99. The summed E-state index contributed by atoms with van der Waals surface area (Å²) in [6.45, 7) is 1.25. The van der Waals surface area contributed by atoms with Gasteiger partial charge in [0.2, 0.25) is 0 Å². The van der Waals surface area contributed by atoms with Crippen LogP contribution < -0.4 is 5.32 Å². The van der Waals surface area contributed by atoms with Crippen molar-refractivity contribution in [3.63, 3.8) is 0 Å². The Hall–Kier alpha value is -3.59. The summed E-state index contributed by atoms with van der Waals surface area (Å²) in [6, 6.07) is 23.5. The Kier molecular flexibility index (Phi) is 9.23. The molecule has 2 aromatic heterocycles. The second kappa shape index (κ2) is 12.8. The largest absolute Gasteiger partial charge is 0.394 e. The number of likely N-dealkylation sites (N-methyl/N-ethyl adjacent to an activating group) is 1. The van der Waals surface area contributed by atoms with E-state index < -0.39 is 0 Å². The minimum Gasteiger partial charge on any atom is -0.394 e. The van der Waals surface area contributed by atoms with Crippen molar-refractivity contribution in [1.29, 1.82) is 0 Å². The molecular formula is C29H30ClN5O2S. The molecular weight excluding hydrogens is 518 g/mol. The highest BCUT2D eigenvalue weighted by Crippen LogP contribution is 2.42. The fourth-order valence-electron chi connectivity index (χ4n) is 4.22. The van der Waals surface area contributed by atoms with Gasteiger partial charge in [-0.3, -0.25) is 9.78 Å². The van der Waals surface area contributed by atoms with Crippen LogP contribution in [0.1, 0.15) is 38.1 Å². The molecule has 0 spiro atoms. The maximum atomic E-state index is 13.3. The molecule has 0 saturated carbocycles. The topological polar surface area (TPSA) is 71.8 Å². The third-order valence-electron chi connectivity index (χ3n) is 6.10. The van der Waals surface area contributed by atoms with Crippen LogP contribution in [-0.4, -0.2) is 53.3 Å². The summed E-state index contributed by atoms with van der Waals surface area (Å²) in [5.41, 5.74) is 6.07. The number of carbonyl (C=O) groups is 1. The number of hydrogen-bond donors (Lipinski definition) is 1.